The van der Waals surface area contributed by atoms with Crippen molar-refractivity contribution in [2.75, 3.05) is 0 Å². The summed E-state index contributed by atoms with van der Waals surface area (Å²) in [6, 6.07) is 0. The van der Waals surface area contributed by atoms with Crippen molar-refractivity contribution in [3.63, 3.8) is 0 Å². The van der Waals surface area contributed by atoms with Crippen LogP contribution >= 0.6 is 22.0 Å². The van der Waals surface area contributed by atoms with E-state index in [9.17, 15) is 21.6 Å². The molecule has 0 N–H and O–H groups in total. The van der Waals surface area contributed by atoms with Crippen LogP contribution in [0, 0.1) is 0 Å². The van der Waals surface area contributed by atoms with Gasteiger partial charge in [-0.3, -0.25) is 4.98 Å². The monoisotopic (exact) mass is 265 g/mol. The van der Waals surface area contributed by atoms with Crippen LogP contribution in [0.25, 0.3) is 0 Å². The Labute approximate surface area is 86.0 Å². The molecular formula is C5H3ClF3NO2S2. The Bertz CT molecular complexity index is 399. The van der Waals surface area contributed by atoms with Gasteiger partial charge in [-0.25, -0.2) is 8.42 Å². The fourth-order valence-corrected chi connectivity index (χ4v) is 3.39. The van der Waals surface area contributed by atoms with Crippen molar-refractivity contribution in [1.82, 2.24) is 4.98 Å². The molecule has 1 aromatic heterocycles. The van der Waals surface area contributed by atoms with E-state index in [-0.39, 0.29) is 0 Å². The third kappa shape index (κ3) is 2.58. The molecule has 1 heterocycles. The summed E-state index contributed by atoms with van der Waals surface area (Å²) in [5, 5.41) is -2.69. The van der Waals surface area contributed by atoms with E-state index < -0.39 is 25.4 Å². The van der Waals surface area contributed by atoms with Crippen LogP contribution in [0.3, 0.4) is 0 Å². The van der Waals surface area contributed by atoms with Crippen molar-refractivity contribution in [2.24, 2.45) is 0 Å². The summed E-state index contributed by atoms with van der Waals surface area (Å²) in [7, 11) is -0.0216. The molecule has 1 atom stereocenters. The SMILES string of the molecule is O=S(=O)(Cl)C(c1cncs1)C(F)(F)F. The molecule has 1 rings (SSSR count). The van der Waals surface area contributed by atoms with Crippen LogP contribution in [-0.4, -0.2) is 19.6 Å². The minimum absolute atomic E-state index is 0.437. The van der Waals surface area contributed by atoms with Gasteiger partial charge in [-0.2, -0.15) is 13.2 Å². The molecule has 0 aliphatic carbocycles. The predicted molar refractivity (Wildman–Crippen MR) is 45.7 cm³/mol. The third-order valence-electron chi connectivity index (χ3n) is 1.29. The Kier molecular flexibility index (Phi) is 3.07. The molecule has 3 nitrogen and oxygen atoms in total. The van der Waals surface area contributed by atoms with E-state index in [0.29, 0.717) is 11.3 Å². The lowest BCUT2D eigenvalue weighted by molar-refractivity contribution is -0.130. The second kappa shape index (κ2) is 3.67. The van der Waals surface area contributed by atoms with Gasteiger partial charge in [0.05, 0.1) is 10.4 Å². The lowest BCUT2D eigenvalue weighted by atomic mass is 10.4. The first-order valence-corrected chi connectivity index (χ1v) is 6.36. The molecule has 1 aromatic rings. The van der Waals surface area contributed by atoms with E-state index in [2.05, 4.69) is 4.98 Å². The normalized spacial score (nSPS) is 15.4. The lowest BCUT2D eigenvalue weighted by Gasteiger charge is -2.14. The zero-order valence-electron chi connectivity index (χ0n) is 6.32. The number of aromatic nitrogens is 1. The molecule has 0 bridgehead atoms. The molecule has 0 spiro atoms. The van der Waals surface area contributed by atoms with Gasteiger partial charge in [0.2, 0.25) is 14.3 Å². The lowest BCUT2D eigenvalue weighted by Crippen LogP contribution is -2.24. The highest BCUT2D eigenvalue weighted by molar-refractivity contribution is 8.14. The van der Waals surface area contributed by atoms with E-state index in [0.717, 1.165) is 11.7 Å². The fourth-order valence-electron chi connectivity index (χ4n) is 0.815. The van der Waals surface area contributed by atoms with Gasteiger partial charge in [0, 0.05) is 16.9 Å². The first kappa shape index (κ1) is 11.7. The van der Waals surface area contributed by atoms with Crippen LogP contribution in [0.15, 0.2) is 11.7 Å². The number of nitrogens with zero attached hydrogens (tertiary/aromatic N) is 1. The Morgan fingerprint density at radius 2 is 2.07 bits per heavy atom. The van der Waals surface area contributed by atoms with E-state index in [4.69, 9.17) is 10.7 Å². The molecule has 80 valence electrons. The second-order valence-corrected chi connectivity index (χ2v) is 5.93. The van der Waals surface area contributed by atoms with Crippen molar-refractivity contribution in [3.05, 3.63) is 16.6 Å². The Morgan fingerprint density at radius 3 is 2.36 bits per heavy atom. The van der Waals surface area contributed by atoms with Gasteiger partial charge in [-0.1, -0.05) is 0 Å². The highest BCUT2D eigenvalue weighted by Gasteiger charge is 2.50. The van der Waals surface area contributed by atoms with Gasteiger partial charge in [-0.15, -0.1) is 11.3 Å². The molecule has 9 heteroatoms. The average molecular weight is 266 g/mol. The predicted octanol–water partition coefficient (Wildman–Crippen LogP) is 2.32. The molecule has 14 heavy (non-hydrogen) atoms. The summed E-state index contributed by atoms with van der Waals surface area (Å²) in [5.74, 6) is 0. The van der Waals surface area contributed by atoms with Gasteiger partial charge in [0.1, 0.15) is 0 Å². The van der Waals surface area contributed by atoms with Crippen LogP contribution in [0.4, 0.5) is 13.2 Å². The maximum Gasteiger partial charge on any atom is 0.411 e. The first-order valence-electron chi connectivity index (χ1n) is 3.11. The van der Waals surface area contributed by atoms with Gasteiger partial charge >= 0.3 is 6.18 Å². The number of hydrogen-bond donors (Lipinski definition) is 0. The van der Waals surface area contributed by atoms with Crippen LogP contribution in [-0.2, 0) is 9.05 Å². The van der Waals surface area contributed by atoms with Crippen LogP contribution in [0.1, 0.15) is 10.1 Å². The molecule has 0 saturated carbocycles. The maximum absolute atomic E-state index is 12.3. The van der Waals surface area contributed by atoms with Crippen LogP contribution < -0.4 is 0 Å². The van der Waals surface area contributed by atoms with Crippen LogP contribution in [0.5, 0.6) is 0 Å². The highest BCUT2D eigenvalue weighted by atomic mass is 35.7. The summed E-state index contributed by atoms with van der Waals surface area (Å²) in [4.78, 5) is 2.93. The summed E-state index contributed by atoms with van der Waals surface area (Å²) < 4.78 is 58.3. The number of rotatable bonds is 2. The van der Waals surface area contributed by atoms with Gasteiger partial charge < -0.3 is 0 Å². The van der Waals surface area contributed by atoms with Crippen molar-refractivity contribution in [3.8, 4) is 0 Å². The zero-order chi connectivity index (χ0) is 11.0. The average Bonchev–Trinajstić information content (AvgIpc) is 2.31. The van der Waals surface area contributed by atoms with Crippen LogP contribution in [0.2, 0.25) is 0 Å². The number of thiazole rings is 1. The topological polar surface area (TPSA) is 47.0 Å². The fraction of sp³-hybridized carbons (Fsp3) is 0.400. The highest BCUT2D eigenvalue weighted by Crippen LogP contribution is 2.42. The van der Waals surface area contributed by atoms with E-state index >= 15 is 0 Å². The summed E-state index contributed by atoms with van der Waals surface area (Å²) >= 11 is 0.590. The van der Waals surface area contributed by atoms with Gasteiger partial charge in [0.25, 0.3) is 0 Å². The minimum Gasteiger partial charge on any atom is -0.253 e. The molecule has 0 saturated heterocycles. The van der Waals surface area contributed by atoms with Crippen molar-refractivity contribution < 1.29 is 21.6 Å². The van der Waals surface area contributed by atoms with E-state index in [1.165, 1.54) is 0 Å². The number of halogens is 4. The number of alkyl halides is 3. The first-order chi connectivity index (χ1) is 6.23. The standard InChI is InChI=1S/C5H3ClF3NO2S2/c6-14(11,12)4(5(7,8)9)3-1-10-2-13-3/h1-2,4H. The Hall–Kier alpha value is -0.340. The summed E-state index contributed by atoms with van der Waals surface area (Å²) in [6.07, 6.45) is -4.09. The third-order valence-corrected chi connectivity index (χ3v) is 3.90. The van der Waals surface area contributed by atoms with Gasteiger partial charge in [-0.05, 0) is 0 Å². The van der Waals surface area contributed by atoms with Crippen molar-refractivity contribution in [2.45, 2.75) is 11.4 Å². The zero-order valence-corrected chi connectivity index (χ0v) is 8.71. The van der Waals surface area contributed by atoms with E-state index in [1.807, 2.05) is 0 Å². The van der Waals surface area contributed by atoms with Gasteiger partial charge in [0.15, 0.2) is 0 Å². The summed E-state index contributed by atoms with van der Waals surface area (Å²) in [6.45, 7) is 0. The molecule has 1 unspecified atom stereocenters. The minimum atomic E-state index is -4.92. The Balaban J connectivity index is 3.22. The Morgan fingerprint density at radius 1 is 1.50 bits per heavy atom. The second-order valence-electron chi connectivity index (χ2n) is 2.30. The molecule has 0 fully saturated rings. The van der Waals surface area contributed by atoms with Crippen molar-refractivity contribution >= 4 is 31.1 Å². The molecule has 0 amide bonds. The van der Waals surface area contributed by atoms with Crippen molar-refractivity contribution in [1.29, 1.82) is 0 Å². The molecule has 0 aliphatic rings. The summed E-state index contributed by atoms with van der Waals surface area (Å²) in [5.41, 5.74) is 1.11. The molecule has 0 aromatic carbocycles. The molecule has 0 aliphatic heterocycles. The number of hydrogen-bond acceptors (Lipinski definition) is 4. The molecular weight excluding hydrogens is 263 g/mol. The quantitative estimate of drug-likeness (QED) is 0.771. The maximum atomic E-state index is 12.3. The smallest absolute Gasteiger partial charge is 0.253 e. The van der Waals surface area contributed by atoms with E-state index in [1.54, 1.807) is 0 Å². The molecule has 0 radical (unpaired) electrons. The largest absolute Gasteiger partial charge is 0.411 e.